The molecule has 2 aromatic heterocycles. The average molecular weight is 476 g/mol. The summed E-state index contributed by atoms with van der Waals surface area (Å²) in [6.45, 7) is 5.98. The van der Waals surface area contributed by atoms with Crippen LogP contribution in [0.15, 0.2) is 39.4 Å². The van der Waals surface area contributed by atoms with E-state index in [1.54, 1.807) is 18.7 Å². The van der Waals surface area contributed by atoms with Gasteiger partial charge in [-0.2, -0.15) is 0 Å². The van der Waals surface area contributed by atoms with Crippen LogP contribution in [0.3, 0.4) is 0 Å². The topological polar surface area (TPSA) is 122 Å². The summed E-state index contributed by atoms with van der Waals surface area (Å²) in [5.74, 6) is 0.0261. The summed E-state index contributed by atoms with van der Waals surface area (Å²) >= 11 is 2.99. The summed E-state index contributed by atoms with van der Waals surface area (Å²) in [7, 11) is 1.78. The first-order chi connectivity index (χ1) is 15.2. The number of nitrogens with zero attached hydrogens (tertiary/aromatic N) is 4. The average Bonchev–Trinajstić information content (AvgIpc) is 3.33. The molecule has 0 radical (unpaired) electrons. The molecule has 0 saturated heterocycles. The van der Waals surface area contributed by atoms with Crippen LogP contribution in [-0.2, 0) is 31.9 Å². The normalized spacial score (nSPS) is 20.2. The molecule has 4 rings (SSSR count). The third kappa shape index (κ3) is 4.31. The van der Waals surface area contributed by atoms with Crippen molar-refractivity contribution < 1.29 is 19.1 Å². The molecule has 0 amide bonds. The van der Waals surface area contributed by atoms with Crippen LogP contribution >= 0.6 is 23.1 Å². The number of Topliss-reactive ketones (excluding diaryl/α,β-unsaturated/α-hetero) is 1. The Kier molecular flexibility index (Phi) is 6.13. The molecule has 2 aromatic rings. The molecule has 11 heteroatoms. The minimum Gasteiger partial charge on any atom is -0.462 e. The zero-order chi connectivity index (χ0) is 23.0. The molecule has 9 nitrogen and oxygen atoms in total. The highest BCUT2D eigenvalue weighted by Gasteiger charge is 2.45. The fourth-order valence-corrected chi connectivity index (χ4v) is 5.91. The quantitative estimate of drug-likeness (QED) is 0.496. The molecule has 0 bridgehead atoms. The van der Waals surface area contributed by atoms with E-state index in [0.29, 0.717) is 35.1 Å². The third-order valence-corrected chi connectivity index (χ3v) is 7.49. The number of allylic oxidation sites excluding steroid dienone is 2. The molecule has 0 fully saturated rings. The van der Waals surface area contributed by atoms with Crippen LogP contribution < -0.4 is 5.73 Å². The number of ether oxygens (including phenoxy) is 2. The standard InChI is InChI=1S/C21H25N5O4S2/c1-5-29-19(28)17-16(15-12(27)7-21(2,3)8-13(15)30-18(17)22)14-6-11(9-31-14)10-32-20-23-24-25-26(20)4/h6,9,16H,5,7-8,10,22H2,1-4H3. The second kappa shape index (κ2) is 8.70. The van der Waals surface area contributed by atoms with Crippen LogP contribution in [-0.4, -0.2) is 38.6 Å². The van der Waals surface area contributed by atoms with Crippen LogP contribution in [0.2, 0.25) is 0 Å². The van der Waals surface area contributed by atoms with Crippen molar-refractivity contribution in [3.8, 4) is 0 Å². The van der Waals surface area contributed by atoms with Crippen LogP contribution in [0.25, 0.3) is 0 Å². The van der Waals surface area contributed by atoms with Crippen LogP contribution in [0.5, 0.6) is 0 Å². The Hall–Kier alpha value is -2.66. The van der Waals surface area contributed by atoms with Crippen LogP contribution in [0.1, 0.15) is 50.0 Å². The van der Waals surface area contributed by atoms with Crippen molar-refractivity contribution >= 4 is 34.9 Å². The van der Waals surface area contributed by atoms with Crippen molar-refractivity contribution in [2.75, 3.05) is 6.61 Å². The van der Waals surface area contributed by atoms with Gasteiger partial charge in [0, 0.05) is 36.1 Å². The van der Waals surface area contributed by atoms with Gasteiger partial charge in [0.15, 0.2) is 5.78 Å². The summed E-state index contributed by atoms with van der Waals surface area (Å²) in [5, 5.41) is 14.2. The zero-order valence-corrected chi connectivity index (χ0v) is 20.0. The highest BCUT2D eigenvalue weighted by Crippen LogP contribution is 2.49. The van der Waals surface area contributed by atoms with E-state index in [0.717, 1.165) is 10.4 Å². The smallest absolute Gasteiger partial charge is 0.340 e. The molecular formula is C21H25N5O4S2. The molecule has 1 atom stereocenters. The van der Waals surface area contributed by atoms with Gasteiger partial charge in [-0.25, -0.2) is 9.48 Å². The molecule has 0 aromatic carbocycles. The van der Waals surface area contributed by atoms with Crippen molar-refractivity contribution in [3.05, 3.63) is 44.7 Å². The number of hydrogen-bond donors (Lipinski definition) is 1. The molecule has 3 heterocycles. The fourth-order valence-electron chi connectivity index (χ4n) is 3.99. The minimum atomic E-state index is -0.596. The van der Waals surface area contributed by atoms with E-state index in [9.17, 15) is 9.59 Å². The number of rotatable bonds is 6. The first-order valence-electron chi connectivity index (χ1n) is 10.2. The lowest BCUT2D eigenvalue weighted by atomic mass is 9.71. The Bertz CT molecular complexity index is 1130. The van der Waals surface area contributed by atoms with Gasteiger partial charge in [-0.1, -0.05) is 25.6 Å². The van der Waals surface area contributed by atoms with E-state index < -0.39 is 11.9 Å². The number of carbonyl (C=O) groups excluding carboxylic acids is 2. The maximum Gasteiger partial charge on any atom is 0.340 e. The van der Waals surface area contributed by atoms with Gasteiger partial charge in [0.25, 0.3) is 0 Å². The van der Waals surface area contributed by atoms with Crippen molar-refractivity contribution in [1.29, 1.82) is 0 Å². The summed E-state index contributed by atoms with van der Waals surface area (Å²) in [4.78, 5) is 26.9. The lowest BCUT2D eigenvalue weighted by Gasteiger charge is -2.37. The number of carbonyl (C=O) groups is 2. The van der Waals surface area contributed by atoms with E-state index in [-0.39, 0.29) is 29.3 Å². The minimum absolute atomic E-state index is 0.00665. The van der Waals surface area contributed by atoms with Crippen LogP contribution in [0, 0.1) is 5.41 Å². The monoisotopic (exact) mass is 475 g/mol. The van der Waals surface area contributed by atoms with Crippen molar-refractivity contribution in [2.45, 2.75) is 50.4 Å². The van der Waals surface area contributed by atoms with Crippen LogP contribution in [0.4, 0.5) is 0 Å². The predicted molar refractivity (Wildman–Crippen MR) is 119 cm³/mol. The van der Waals surface area contributed by atoms with E-state index in [1.807, 2.05) is 25.3 Å². The summed E-state index contributed by atoms with van der Waals surface area (Å²) in [5.41, 5.74) is 7.72. The molecule has 2 N–H and O–H groups in total. The summed E-state index contributed by atoms with van der Waals surface area (Å²) in [6, 6.07) is 2.00. The van der Waals surface area contributed by atoms with Gasteiger partial charge >= 0.3 is 5.97 Å². The van der Waals surface area contributed by atoms with Crippen molar-refractivity contribution in [3.63, 3.8) is 0 Å². The van der Waals surface area contributed by atoms with E-state index in [2.05, 4.69) is 15.5 Å². The third-order valence-electron chi connectivity index (χ3n) is 5.36. The molecular weight excluding hydrogens is 450 g/mol. The highest BCUT2D eigenvalue weighted by atomic mass is 32.2. The Morgan fingerprint density at radius 2 is 2.22 bits per heavy atom. The largest absolute Gasteiger partial charge is 0.462 e. The molecule has 1 unspecified atom stereocenters. The van der Waals surface area contributed by atoms with Crippen molar-refractivity contribution in [2.24, 2.45) is 18.2 Å². The first-order valence-corrected chi connectivity index (χ1v) is 12.1. The molecule has 170 valence electrons. The number of thiophene rings is 1. The lowest BCUT2D eigenvalue weighted by molar-refractivity contribution is -0.139. The van der Waals surface area contributed by atoms with E-state index >= 15 is 0 Å². The maximum atomic E-state index is 13.2. The van der Waals surface area contributed by atoms with Gasteiger partial charge in [0.05, 0.1) is 12.5 Å². The van der Waals surface area contributed by atoms with E-state index in [4.69, 9.17) is 15.2 Å². The van der Waals surface area contributed by atoms with Gasteiger partial charge in [0.2, 0.25) is 11.0 Å². The SMILES string of the molecule is CCOC(=O)C1=C(N)OC2=C(C(=O)CC(C)(C)C2)C1c1cc(CSc2nnnn2C)cs1. The second-order valence-electron chi connectivity index (χ2n) is 8.54. The Balaban J connectivity index is 1.70. The number of ketones is 1. The molecule has 32 heavy (non-hydrogen) atoms. The molecule has 1 aliphatic heterocycles. The number of tetrazole rings is 1. The number of esters is 1. The lowest BCUT2D eigenvalue weighted by Crippen LogP contribution is -2.35. The predicted octanol–water partition coefficient (Wildman–Crippen LogP) is 3.05. The zero-order valence-electron chi connectivity index (χ0n) is 18.4. The number of nitrogens with two attached hydrogens (primary N) is 1. The van der Waals surface area contributed by atoms with Gasteiger partial charge in [0.1, 0.15) is 11.3 Å². The molecule has 0 saturated carbocycles. The number of aromatic nitrogens is 4. The highest BCUT2D eigenvalue weighted by molar-refractivity contribution is 7.98. The first kappa shape index (κ1) is 22.5. The number of hydrogen-bond acceptors (Lipinski definition) is 10. The van der Waals surface area contributed by atoms with Gasteiger partial charge < -0.3 is 15.2 Å². The Morgan fingerprint density at radius 1 is 1.44 bits per heavy atom. The molecule has 2 aliphatic rings. The van der Waals surface area contributed by atoms with E-state index in [1.165, 1.54) is 23.1 Å². The van der Waals surface area contributed by atoms with Gasteiger partial charge in [-0.05, 0) is 39.8 Å². The second-order valence-corrected chi connectivity index (χ2v) is 10.4. The van der Waals surface area contributed by atoms with Gasteiger partial charge in [-0.3, -0.25) is 4.79 Å². The molecule has 1 aliphatic carbocycles. The van der Waals surface area contributed by atoms with Crippen molar-refractivity contribution in [1.82, 2.24) is 20.2 Å². The summed E-state index contributed by atoms with van der Waals surface area (Å²) in [6.07, 6.45) is 0.962. The molecule has 0 spiro atoms. The number of aryl methyl sites for hydroxylation is 1. The number of thioether (sulfide) groups is 1. The Labute approximate surface area is 194 Å². The Morgan fingerprint density at radius 3 is 2.91 bits per heavy atom. The maximum absolute atomic E-state index is 13.2. The summed E-state index contributed by atoms with van der Waals surface area (Å²) < 4.78 is 12.7. The fraction of sp³-hybridized carbons (Fsp3) is 0.476. The van der Waals surface area contributed by atoms with Gasteiger partial charge in [-0.15, -0.1) is 16.4 Å².